The smallest absolute Gasteiger partial charge is 0.330 e. The van der Waals surface area contributed by atoms with Crippen LogP contribution in [0, 0.1) is 0 Å². The topological polar surface area (TPSA) is 35.5 Å². The van der Waals surface area contributed by atoms with Crippen LogP contribution in [0.2, 0.25) is 5.02 Å². The Kier molecular flexibility index (Phi) is 4.05. The predicted octanol–water partition coefficient (Wildman–Crippen LogP) is 3.41. The highest BCUT2D eigenvalue weighted by molar-refractivity contribution is 6.30. The molecule has 0 N–H and O–H groups in total. The van der Waals surface area contributed by atoms with E-state index in [-0.39, 0.29) is 6.10 Å². The van der Waals surface area contributed by atoms with Crippen LogP contribution in [0.4, 0.5) is 0 Å². The van der Waals surface area contributed by atoms with Gasteiger partial charge >= 0.3 is 5.97 Å². The van der Waals surface area contributed by atoms with Gasteiger partial charge in [-0.25, -0.2) is 4.79 Å². The van der Waals surface area contributed by atoms with Crippen LogP contribution in [-0.2, 0) is 14.3 Å². The first-order chi connectivity index (χ1) is 8.69. The SMILES string of the molecule is COC(=O)/C=C/C1=CCC(c2cccc(Cl)c2)O1. The molecular weight excluding hydrogens is 252 g/mol. The van der Waals surface area contributed by atoms with Gasteiger partial charge in [-0.15, -0.1) is 0 Å². The number of carbonyl (C=O) groups is 1. The largest absolute Gasteiger partial charge is 0.486 e. The Balaban J connectivity index is 1.99. The van der Waals surface area contributed by atoms with E-state index in [2.05, 4.69) is 4.74 Å². The zero-order valence-electron chi connectivity index (χ0n) is 9.93. The molecule has 1 atom stereocenters. The molecule has 1 unspecified atom stereocenters. The summed E-state index contributed by atoms with van der Waals surface area (Å²) in [5, 5.41) is 0.689. The van der Waals surface area contributed by atoms with E-state index in [0.29, 0.717) is 10.8 Å². The number of hydrogen-bond acceptors (Lipinski definition) is 3. The molecule has 0 saturated carbocycles. The van der Waals surface area contributed by atoms with Crippen molar-refractivity contribution in [3.8, 4) is 0 Å². The second-order valence-corrected chi connectivity index (χ2v) is 4.30. The lowest BCUT2D eigenvalue weighted by Gasteiger charge is -2.12. The molecule has 18 heavy (non-hydrogen) atoms. The summed E-state index contributed by atoms with van der Waals surface area (Å²) in [5.74, 6) is 0.274. The van der Waals surface area contributed by atoms with Crippen molar-refractivity contribution in [2.45, 2.75) is 12.5 Å². The molecule has 3 nitrogen and oxygen atoms in total. The Morgan fingerprint density at radius 2 is 2.39 bits per heavy atom. The van der Waals surface area contributed by atoms with E-state index in [9.17, 15) is 4.79 Å². The molecule has 0 aromatic heterocycles. The van der Waals surface area contributed by atoms with Crippen LogP contribution in [0.1, 0.15) is 18.1 Å². The molecule has 0 radical (unpaired) electrons. The summed E-state index contributed by atoms with van der Waals surface area (Å²) in [4.78, 5) is 11.0. The average Bonchev–Trinajstić information content (AvgIpc) is 2.84. The van der Waals surface area contributed by atoms with Gasteiger partial charge in [0.15, 0.2) is 0 Å². The molecule has 0 aliphatic carbocycles. The van der Waals surface area contributed by atoms with Crippen molar-refractivity contribution < 1.29 is 14.3 Å². The van der Waals surface area contributed by atoms with Crippen LogP contribution in [0.3, 0.4) is 0 Å². The fourth-order valence-corrected chi connectivity index (χ4v) is 1.92. The second-order valence-electron chi connectivity index (χ2n) is 3.86. The third-order valence-corrected chi connectivity index (χ3v) is 2.85. The summed E-state index contributed by atoms with van der Waals surface area (Å²) >= 11 is 5.93. The van der Waals surface area contributed by atoms with E-state index in [4.69, 9.17) is 16.3 Å². The molecule has 0 bridgehead atoms. The summed E-state index contributed by atoms with van der Waals surface area (Å²) in [6.45, 7) is 0. The molecule has 1 heterocycles. The maximum atomic E-state index is 11.0. The zero-order chi connectivity index (χ0) is 13.0. The lowest BCUT2D eigenvalue weighted by molar-refractivity contribution is -0.134. The van der Waals surface area contributed by atoms with Gasteiger partial charge in [-0.1, -0.05) is 23.7 Å². The standard InChI is InChI=1S/C14H13ClO3/c1-17-14(16)8-6-12-5-7-13(18-12)10-3-2-4-11(15)9-10/h2-6,8-9,13H,7H2,1H3/b8-6+. The quantitative estimate of drug-likeness (QED) is 0.620. The highest BCUT2D eigenvalue weighted by Crippen LogP contribution is 2.32. The maximum absolute atomic E-state index is 11.0. The van der Waals surface area contributed by atoms with Crippen LogP contribution in [-0.4, -0.2) is 13.1 Å². The van der Waals surface area contributed by atoms with Gasteiger partial charge in [-0.05, 0) is 29.8 Å². The van der Waals surface area contributed by atoms with Crippen LogP contribution < -0.4 is 0 Å². The molecule has 1 aliphatic heterocycles. The number of hydrogen-bond donors (Lipinski definition) is 0. The number of methoxy groups -OCH3 is 1. The van der Waals surface area contributed by atoms with Crippen LogP contribution in [0.15, 0.2) is 48.3 Å². The molecule has 1 aliphatic rings. The third-order valence-electron chi connectivity index (χ3n) is 2.62. The minimum absolute atomic E-state index is 0.0407. The predicted molar refractivity (Wildman–Crippen MR) is 69.1 cm³/mol. The van der Waals surface area contributed by atoms with Gasteiger partial charge in [0, 0.05) is 17.5 Å². The average molecular weight is 265 g/mol. The highest BCUT2D eigenvalue weighted by Gasteiger charge is 2.18. The maximum Gasteiger partial charge on any atom is 0.330 e. The van der Waals surface area contributed by atoms with Gasteiger partial charge in [-0.2, -0.15) is 0 Å². The van der Waals surface area contributed by atoms with Gasteiger partial charge in [-0.3, -0.25) is 0 Å². The molecule has 2 rings (SSSR count). The molecule has 1 aromatic rings. The summed E-state index contributed by atoms with van der Waals surface area (Å²) in [5.41, 5.74) is 1.03. The number of ether oxygens (including phenoxy) is 2. The second kappa shape index (κ2) is 5.74. The van der Waals surface area contributed by atoms with Crippen molar-refractivity contribution in [3.05, 3.63) is 58.8 Å². The fourth-order valence-electron chi connectivity index (χ4n) is 1.72. The zero-order valence-corrected chi connectivity index (χ0v) is 10.7. The van der Waals surface area contributed by atoms with Crippen LogP contribution in [0.25, 0.3) is 0 Å². The number of carbonyl (C=O) groups excluding carboxylic acids is 1. The molecule has 0 amide bonds. The molecule has 0 spiro atoms. The van der Waals surface area contributed by atoms with E-state index in [1.807, 2.05) is 30.3 Å². The lowest BCUT2D eigenvalue weighted by atomic mass is 10.1. The van der Waals surface area contributed by atoms with Gasteiger partial charge in [0.05, 0.1) is 7.11 Å². The van der Waals surface area contributed by atoms with Crippen molar-refractivity contribution in [3.63, 3.8) is 0 Å². The number of benzene rings is 1. The van der Waals surface area contributed by atoms with Crippen molar-refractivity contribution in [1.29, 1.82) is 0 Å². The van der Waals surface area contributed by atoms with Gasteiger partial charge in [0.2, 0.25) is 0 Å². The van der Waals surface area contributed by atoms with E-state index < -0.39 is 5.97 Å². The van der Waals surface area contributed by atoms with Gasteiger partial charge < -0.3 is 9.47 Å². The van der Waals surface area contributed by atoms with Crippen molar-refractivity contribution in [2.75, 3.05) is 7.11 Å². The van der Waals surface area contributed by atoms with Crippen LogP contribution >= 0.6 is 11.6 Å². The summed E-state index contributed by atoms with van der Waals surface area (Å²) in [6, 6.07) is 7.57. The summed E-state index contributed by atoms with van der Waals surface area (Å²) in [7, 11) is 1.34. The van der Waals surface area contributed by atoms with Gasteiger partial charge in [0.25, 0.3) is 0 Å². The highest BCUT2D eigenvalue weighted by atomic mass is 35.5. The van der Waals surface area contributed by atoms with E-state index >= 15 is 0 Å². The molecule has 0 saturated heterocycles. The lowest BCUT2D eigenvalue weighted by Crippen LogP contribution is -1.97. The number of rotatable bonds is 3. The Bertz CT molecular complexity index is 506. The Hall–Kier alpha value is -1.74. The number of halogens is 1. The van der Waals surface area contributed by atoms with E-state index in [1.54, 1.807) is 6.08 Å². The first-order valence-corrected chi connectivity index (χ1v) is 5.95. The van der Waals surface area contributed by atoms with Gasteiger partial charge in [0.1, 0.15) is 11.9 Å². The van der Waals surface area contributed by atoms with Crippen LogP contribution in [0.5, 0.6) is 0 Å². The Morgan fingerprint density at radius 1 is 1.56 bits per heavy atom. The molecular formula is C14H13ClO3. The number of allylic oxidation sites excluding steroid dienone is 1. The molecule has 4 heteroatoms. The Labute approximate surface area is 111 Å². The molecule has 0 fully saturated rings. The monoisotopic (exact) mass is 264 g/mol. The molecule has 94 valence electrons. The first kappa shape index (κ1) is 12.7. The Morgan fingerprint density at radius 3 is 3.11 bits per heavy atom. The number of esters is 1. The van der Waals surface area contributed by atoms with Crippen molar-refractivity contribution in [1.82, 2.24) is 0 Å². The first-order valence-electron chi connectivity index (χ1n) is 5.57. The van der Waals surface area contributed by atoms with Crippen molar-refractivity contribution in [2.24, 2.45) is 0 Å². The minimum atomic E-state index is -0.397. The van der Waals surface area contributed by atoms with E-state index in [1.165, 1.54) is 13.2 Å². The molecule has 1 aromatic carbocycles. The van der Waals surface area contributed by atoms with Crippen molar-refractivity contribution >= 4 is 17.6 Å². The summed E-state index contributed by atoms with van der Waals surface area (Å²) < 4.78 is 10.2. The third kappa shape index (κ3) is 3.14. The van der Waals surface area contributed by atoms with E-state index in [0.717, 1.165) is 12.0 Å². The normalized spacial score (nSPS) is 18.6. The minimum Gasteiger partial charge on any atom is -0.486 e. The fraction of sp³-hybridized carbons (Fsp3) is 0.214. The summed E-state index contributed by atoms with van der Waals surface area (Å²) in [6.07, 6.45) is 5.61.